The lowest BCUT2D eigenvalue weighted by Gasteiger charge is -2.11. The quantitative estimate of drug-likeness (QED) is 0.401. The second-order valence-corrected chi connectivity index (χ2v) is 6.50. The van der Waals surface area contributed by atoms with E-state index in [4.69, 9.17) is 18.9 Å². The Hall–Kier alpha value is -3.55. The molecule has 0 saturated carbocycles. The zero-order valence-electron chi connectivity index (χ0n) is 17.8. The topological polar surface area (TPSA) is 104 Å². The van der Waals surface area contributed by atoms with Crippen molar-refractivity contribution in [2.45, 2.75) is 26.9 Å². The second-order valence-electron chi connectivity index (χ2n) is 6.50. The molecule has 1 heterocycles. The first-order valence-corrected chi connectivity index (χ1v) is 9.15. The molecule has 1 atom stereocenters. The second kappa shape index (κ2) is 9.78. The van der Waals surface area contributed by atoms with Gasteiger partial charge in [-0.25, -0.2) is 9.59 Å². The standard InChI is InChI=1S/C22H25NO7/c1-12-19(22(26)29-6)13(2)23-20(12)21(25)14(3)30-18(24)10-8-15-7-9-16(27-4)11-17(15)28-5/h7-11,14,23H,1-6H3/b10-8+/t14-/m0/s1. The maximum atomic E-state index is 12.7. The summed E-state index contributed by atoms with van der Waals surface area (Å²) < 4.78 is 20.4. The number of esters is 2. The van der Waals surface area contributed by atoms with Gasteiger partial charge < -0.3 is 23.9 Å². The Morgan fingerprint density at radius 1 is 1.07 bits per heavy atom. The Balaban J connectivity index is 2.12. The lowest BCUT2D eigenvalue weighted by Crippen LogP contribution is -2.24. The molecule has 0 aliphatic heterocycles. The molecule has 8 heteroatoms. The van der Waals surface area contributed by atoms with Gasteiger partial charge >= 0.3 is 11.9 Å². The van der Waals surface area contributed by atoms with Crippen LogP contribution in [0, 0.1) is 13.8 Å². The first kappa shape index (κ1) is 22.7. The molecule has 30 heavy (non-hydrogen) atoms. The summed E-state index contributed by atoms with van der Waals surface area (Å²) in [4.78, 5) is 39.7. The molecule has 2 aromatic rings. The van der Waals surface area contributed by atoms with E-state index in [-0.39, 0.29) is 5.69 Å². The van der Waals surface area contributed by atoms with Crippen molar-refractivity contribution in [2.75, 3.05) is 21.3 Å². The molecule has 0 aliphatic rings. The van der Waals surface area contributed by atoms with Gasteiger partial charge in [0, 0.05) is 23.4 Å². The normalized spacial score (nSPS) is 11.8. The molecular weight excluding hydrogens is 390 g/mol. The number of hydrogen-bond acceptors (Lipinski definition) is 7. The minimum absolute atomic E-state index is 0.203. The zero-order valence-corrected chi connectivity index (χ0v) is 17.8. The molecule has 0 aliphatic carbocycles. The third-order valence-corrected chi connectivity index (χ3v) is 4.58. The number of carbonyl (C=O) groups is 3. The molecule has 0 radical (unpaired) electrons. The van der Waals surface area contributed by atoms with Crippen LogP contribution in [0.1, 0.15) is 44.6 Å². The maximum Gasteiger partial charge on any atom is 0.339 e. The first-order valence-electron chi connectivity index (χ1n) is 9.15. The number of Topliss-reactive ketones (excluding diaryl/α,β-unsaturated/α-hetero) is 1. The molecule has 0 spiro atoms. The molecule has 1 aromatic carbocycles. The number of ketones is 1. The van der Waals surface area contributed by atoms with Gasteiger partial charge in [0.05, 0.1) is 32.6 Å². The summed E-state index contributed by atoms with van der Waals surface area (Å²) in [6.07, 6.45) is 1.68. The van der Waals surface area contributed by atoms with Gasteiger partial charge in [0.1, 0.15) is 11.5 Å². The van der Waals surface area contributed by atoms with Crippen molar-refractivity contribution >= 4 is 23.8 Å². The summed E-state index contributed by atoms with van der Waals surface area (Å²) in [6, 6.07) is 5.15. The number of aryl methyl sites for hydroxylation is 1. The van der Waals surface area contributed by atoms with Crippen LogP contribution < -0.4 is 9.47 Å². The fourth-order valence-electron chi connectivity index (χ4n) is 2.99. The number of methoxy groups -OCH3 is 3. The Kier molecular flexibility index (Phi) is 7.41. The molecule has 0 amide bonds. The molecule has 8 nitrogen and oxygen atoms in total. The Morgan fingerprint density at radius 2 is 1.77 bits per heavy atom. The van der Waals surface area contributed by atoms with Crippen LogP contribution in [0.2, 0.25) is 0 Å². The van der Waals surface area contributed by atoms with Crippen molar-refractivity contribution < 1.29 is 33.3 Å². The Labute approximate surface area is 174 Å². The number of aromatic amines is 1. The van der Waals surface area contributed by atoms with Crippen LogP contribution in [0.25, 0.3) is 6.08 Å². The van der Waals surface area contributed by atoms with Gasteiger partial charge in [0.2, 0.25) is 5.78 Å². The molecule has 0 fully saturated rings. The molecule has 0 bridgehead atoms. The van der Waals surface area contributed by atoms with E-state index in [1.807, 2.05) is 0 Å². The van der Waals surface area contributed by atoms with Crippen LogP contribution in [0.5, 0.6) is 11.5 Å². The number of nitrogens with one attached hydrogen (secondary N) is 1. The fourth-order valence-corrected chi connectivity index (χ4v) is 2.99. The maximum absolute atomic E-state index is 12.7. The van der Waals surface area contributed by atoms with Crippen molar-refractivity contribution in [1.29, 1.82) is 0 Å². The minimum atomic E-state index is -1.05. The van der Waals surface area contributed by atoms with Crippen molar-refractivity contribution in [1.82, 2.24) is 4.98 Å². The minimum Gasteiger partial charge on any atom is -0.497 e. The molecule has 0 saturated heterocycles. The van der Waals surface area contributed by atoms with Gasteiger partial charge in [-0.3, -0.25) is 4.79 Å². The van der Waals surface area contributed by atoms with Crippen LogP contribution in [-0.4, -0.2) is 50.1 Å². The summed E-state index contributed by atoms with van der Waals surface area (Å²) >= 11 is 0. The van der Waals surface area contributed by atoms with Crippen LogP contribution in [-0.2, 0) is 14.3 Å². The average Bonchev–Trinajstić information content (AvgIpc) is 3.04. The monoisotopic (exact) mass is 415 g/mol. The number of ether oxygens (including phenoxy) is 4. The number of aromatic nitrogens is 1. The number of H-pyrrole nitrogens is 1. The summed E-state index contributed by atoms with van der Waals surface area (Å²) in [5.41, 5.74) is 2.10. The predicted octanol–water partition coefficient (Wildman–Crippen LogP) is 3.26. The third kappa shape index (κ3) is 4.89. The first-order chi connectivity index (χ1) is 14.2. The highest BCUT2D eigenvalue weighted by atomic mass is 16.5. The van der Waals surface area contributed by atoms with Crippen LogP contribution >= 0.6 is 0 Å². The fraction of sp³-hybridized carbons (Fsp3) is 0.318. The van der Waals surface area contributed by atoms with Gasteiger partial charge in [-0.2, -0.15) is 0 Å². The molecule has 1 N–H and O–H groups in total. The van der Waals surface area contributed by atoms with E-state index in [0.29, 0.717) is 33.9 Å². The Morgan fingerprint density at radius 3 is 2.37 bits per heavy atom. The number of benzene rings is 1. The van der Waals surface area contributed by atoms with E-state index in [0.717, 1.165) is 0 Å². The number of rotatable bonds is 8. The summed E-state index contributed by atoms with van der Waals surface area (Å²) in [5, 5.41) is 0. The smallest absolute Gasteiger partial charge is 0.339 e. The summed E-state index contributed by atoms with van der Waals surface area (Å²) in [5.74, 6) is -0.539. The van der Waals surface area contributed by atoms with Crippen LogP contribution in [0.15, 0.2) is 24.3 Å². The Bertz CT molecular complexity index is 988. The van der Waals surface area contributed by atoms with Crippen molar-refractivity contribution in [2.24, 2.45) is 0 Å². The van der Waals surface area contributed by atoms with Gasteiger partial charge in [0.25, 0.3) is 0 Å². The largest absolute Gasteiger partial charge is 0.497 e. The van der Waals surface area contributed by atoms with Crippen molar-refractivity contribution in [3.8, 4) is 11.5 Å². The highest BCUT2D eigenvalue weighted by molar-refractivity contribution is 6.04. The summed E-state index contributed by atoms with van der Waals surface area (Å²) in [6.45, 7) is 4.76. The van der Waals surface area contributed by atoms with Crippen molar-refractivity contribution in [3.05, 3.63) is 52.4 Å². The highest BCUT2D eigenvalue weighted by Gasteiger charge is 2.27. The number of carbonyl (C=O) groups excluding carboxylic acids is 3. The van der Waals surface area contributed by atoms with Crippen LogP contribution in [0.4, 0.5) is 0 Å². The molecule has 2 rings (SSSR count). The molecule has 0 unspecified atom stereocenters. The van der Waals surface area contributed by atoms with E-state index >= 15 is 0 Å². The van der Waals surface area contributed by atoms with E-state index in [1.54, 1.807) is 39.2 Å². The molecular formula is C22H25NO7. The molecule has 160 valence electrons. The lowest BCUT2D eigenvalue weighted by molar-refractivity contribution is -0.140. The summed E-state index contributed by atoms with van der Waals surface area (Å²) in [7, 11) is 4.32. The lowest BCUT2D eigenvalue weighted by atomic mass is 10.1. The van der Waals surface area contributed by atoms with Crippen LogP contribution in [0.3, 0.4) is 0 Å². The van der Waals surface area contributed by atoms with Gasteiger partial charge in [-0.15, -0.1) is 0 Å². The van der Waals surface area contributed by atoms with E-state index in [9.17, 15) is 14.4 Å². The van der Waals surface area contributed by atoms with Gasteiger partial charge in [0.15, 0.2) is 6.10 Å². The third-order valence-electron chi connectivity index (χ3n) is 4.58. The molecule has 1 aromatic heterocycles. The number of hydrogen-bond donors (Lipinski definition) is 1. The van der Waals surface area contributed by atoms with Crippen molar-refractivity contribution in [3.63, 3.8) is 0 Å². The van der Waals surface area contributed by atoms with Gasteiger partial charge in [-0.1, -0.05) is 0 Å². The van der Waals surface area contributed by atoms with E-state index < -0.39 is 23.8 Å². The average molecular weight is 415 g/mol. The highest BCUT2D eigenvalue weighted by Crippen LogP contribution is 2.25. The SMILES string of the molecule is COC(=O)c1c(C)[nH]c(C(=O)[C@H](C)OC(=O)/C=C/c2ccc(OC)cc2OC)c1C. The van der Waals surface area contributed by atoms with Gasteiger partial charge in [-0.05, 0) is 44.5 Å². The predicted molar refractivity (Wildman–Crippen MR) is 110 cm³/mol. The van der Waals surface area contributed by atoms with E-state index in [1.165, 1.54) is 33.3 Å². The zero-order chi connectivity index (χ0) is 22.4. The van der Waals surface area contributed by atoms with E-state index in [2.05, 4.69) is 4.98 Å².